The minimum Gasteiger partial charge on any atom is -0.287 e. The first kappa shape index (κ1) is 63.3. The fourth-order valence-corrected chi connectivity index (χ4v) is 9.30. The second kappa shape index (κ2) is 22.3. The van der Waals surface area contributed by atoms with E-state index >= 15 is 0 Å². The van der Waals surface area contributed by atoms with Crippen LogP contribution in [0.4, 0.5) is 105 Å². The third-order valence-electron chi connectivity index (χ3n) is 13.0. The normalized spacial score (nSPS) is 13.1. The largest absolute Gasteiger partial charge is 0.416 e. The second-order valence-corrected chi connectivity index (χ2v) is 18.6. The van der Waals surface area contributed by atoms with E-state index in [2.05, 4.69) is 0 Å². The maximum atomic E-state index is 14.2. The number of para-hydroxylation sites is 1. The molecule has 0 atom stereocenters. The van der Waals surface area contributed by atoms with Crippen LogP contribution in [0.3, 0.4) is 0 Å². The van der Waals surface area contributed by atoms with Crippen LogP contribution in [0, 0.1) is 0 Å². The lowest BCUT2D eigenvalue weighted by Gasteiger charge is -2.46. The van der Waals surface area contributed by atoms with Crippen LogP contribution in [0.5, 0.6) is 0 Å². The average molecular weight is 1220 g/mol. The highest BCUT2D eigenvalue weighted by atomic mass is 19.4. The molecular formula is C56H30BF24NO2. The number of rotatable bonds is 9. The molecule has 8 rings (SSSR count). The molecular weight excluding hydrogens is 1190 g/mol. The molecule has 0 bridgehead atoms. The Kier molecular flexibility index (Phi) is 16.8. The van der Waals surface area contributed by atoms with Crippen molar-refractivity contribution in [3.63, 3.8) is 0 Å². The first-order valence-corrected chi connectivity index (χ1v) is 23.5. The van der Waals surface area contributed by atoms with Crippen molar-refractivity contribution in [3.05, 3.63) is 231 Å². The molecule has 84 heavy (non-hydrogen) atoms. The van der Waals surface area contributed by atoms with Crippen LogP contribution >= 0.6 is 0 Å². The number of benzene rings is 7. The molecule has 0 unspecified atom stereocenters. The fraction of sp³-hybridized carbons (Fsp3) is 0.161. The van der Waals surface area contributed by atoms with Crippen LogP contribution < -0.4 is 26.4 Å². The van der Waals surface area contributed by atoms with E-state index in [1.807, 2.05) is 71.3 Å². The van der Waals surface area contributed by atoms with E-state index in [4.69, 9.17) is 0 Å². The quantitative estimate of drug-likeness (QED) is 0.0625. The maximum Gasteiger partial charge on any atom is 0.416 e. The van der Waals surface area contributed by atoms with Gasteiger partial charge in [-0.3, -0.25) is 9.59 Å². The number of hydrogen-bond acceptors (Lipinski definition) is 2. The number of halogens is 24. The van der Waals surface area contributed by atoms with Gasteiger partial charge in [-0.05, 0) is 36.4 Å². The van der Waals surface area contributed by atoms with Crippen LogP contribution in [-0.2, 0) is 56.0 Å². The summed E-state index contributed by atoms with van der Waals surface area (Å²) in [5.74, 6) is -0.124. The molecule has 0 aliphatic heterocycles. The Hall–Kier alpha value is -8.33. The number of fused-ring (bicyclic) bond motifs is 1. The van der Waals surface area contributed by atoms with Gasteiger partial charge in [0.05, 0.1) is 44.5 Å². The standard InChI is InChI=1S/C32H12BF24.C24H18NO2/c34-25(35,36)13-1-14(26(37,38)39)6-21(5-13)33(22-7-15(27(40,41)42)2-16(8-22)28(43,44)45,23-9-17(29(46,47)48)3-18(10-23)30(49,50)51)24-11-19(31(52,53)54)4-20(12-24)32(55,56)57;26-23(19-10-3-1-4-11-19)17-25-21-14-8-7-9-18(21)15-16-22(25)24(27)20-12-5-2-6-13-20/h1-12H;1-16H,17H2/q-1;+1. The Morgan fingerprint density at radius 2 is 0.571 bits per heavy atom. The molecule has 3 nitrogen and oxygen atoms in total. The van der Waals surface area contributed by atoms with Gasteiger partial charge in [-0.25, -0.2) is 0 Å². The monoisotopic (exact) mass is 1220 g/mol. The van der Waals surface area contributed by atoms with Crippen LogP contribution in [0.2, 0.25) is 0 Å². The minimum atomic E-state index is -6.13. The van der Waals surface area contributed by atoms with E-state index in [1.54, 1.807) is 30.3 Å². The summed E-state index contributed by atoms with van der Waals surface area (Å²) in [5, 5.41) is 0.989. The van der Waals surface area contributed by atoms with Gasteiger partial charge < -0.3 is 0 Å². The average Bonchev–Trinajstić information content (AvgIpc) is 1.17. The van der Waals surface area contributed by atoms with Gasteiger partial charge in [-0.15, -0.1) is 0 Å². The molecule has 0 saturated heterocycles. The van der Waals surface area contributed by atoms with E-state index < -0.39 is 195 Å². The lowest BCUT2D eigenvalue weighted by Crippen LogP contribution is -2.75. The molecule has 0 N–H and O–H groups in total. The van der Waals surface area contributed by atoms with Crippen molar-refractivity contribution in [2.75, 3.05) is 0 Å². The molecule has 28 heteroatoms. The Morgan fingerprint density at radius 3 is 0.857 bits per heavy atom. The zero-order valence-corrected chi connectivity index (χ0v) is 41.3. The number of nitrogens with zero attached hydrogens (tertiary/aromatic N) is 1. The predicted octanol–water partition coefficient (Wildman–Crippen LogP) is 15.5. The van der Waals surface area contributed by atoms with Crippen molar-refractivity contribution in [1.82, 2.24) is 0 Å². The van der Waals surface area contributed by atoms with Gasteiger partial charge in [0.1, 0.15) is 6.15 Å². The predicted molar refractivity (Wildman–Crippen MR) is 255 cm³/mol. The zero-order valence-electron chi connectivity index (χ0n) is 41.3. The lowest BCUT2D eigenvalue weighted by atomic mass is 9.12. The molecule has 0 saturated carbocycles. The summed E-state index contributed by atoms with van der Waals surface area (Å²) in [6.07, 6.45) is -54.8. The summed E-state index contributed by atoms with van der Waals surface area (Å²) < 4.78 is 343. The van der Waals surface area contributed by atoms with Crippen molar-refractivity contribution >= 4 is 50.5 Å². The third kappa shape index (κ3) is 13.8. The number of carbonyl (C=O) groups excluding carboxylic acids is 2. The minimum absolute atomic E-state index is 0.0286. The highest BCUT2D eigenvalue weighted by Gasteiger charge is 2.47. The molecule has 0 spiro atoms. The Labute approximate surface area is 456 Å². The van der Waals surface area contributed by atoms with Crippen molar-refractivity contribution in [2.24, 2.45) is 0 Å². The molecule has 0 amide bonds. The molecule has 442 valence electrons. The maximum absolute atomic E-state index is 14.2. The van der Waals surface area contributed by atoms with Crippen LogP contribution in [0.1, 0.15) is 70.9 Å². The van der Waals surface area contributed by atoms with Crippen LogP contribution in [-0.4, -0.2) is 17.7 Å². The number of ketones is 2. The smallest absolute Gasteiger partial charge is 0.287 e. The van der Waals surface area contributed by atoms with E-state index in [0.29, 0.717) is 16.8 Å². The van der Waals surface area contributed by atoms with E-state index in [9.17, 15) is 115 Å². The summed E-state index contributed by atoms with van der Waals surface area (Å²) in [5.41, 5.74) is -27.6. The molecule has 0 radical (unpaired) electrons. The van der Waals surface area contributed by atoms with E-state index in [1.165, 1.54) is 0 Å². The number of alkyl halides is 24. The molecule has 1 aromatic heterocycles. The van der Waals surface area contributed by atoms with Gasteiger partial charge >= 0.3 is 49.4 Å². The Morgan fingerprint density at radius 1 is 0.310 bits per heavy atom. The van der Waals surface area contributed by atoms with E-state index in [0.717, 1.165) is 10.9 Å². The Bertz CT molecular complexity index is 3310. The fourth-order valence-electron chi connectivity index (χ4n) is 9.30. The summed E-state index contributed by atoms with van der Waals surface area (Å²) in [6.45, 7) is 0.110. The topological polar surface area (TPSA) is 38.0 Å². The van der Waals surface area contributed by atoms with Crippen molar-refractivity contribution in [2.45, 2.75) is 56.0 Å². The van der Waals surface area contributed by atoms with E-state index in [-0.39, 0.29) is 18.1 Å². The number of aromatic nitrogens is 1. The molecule has 8 aromatic rings. The Balaban J connectivity index is 0.000000309. The summed E-state index contributed by atoms with van der Waals surface area (Å²) in [7, 11) is 0. The third-order valence-corrected chi connectivity index (χ3v) is 13.0. The van der Waals surface area contributed by atoms with Crippen molar-refractivity contribution < 1.29 is 120 Å². The van der Waals surface area contributed by atoms with Gasteiger partial charge in [0, 0.05) is 28.6 Å². The van der Waals surface area contributed by atoms with Gasteiger partial charge in [-0.1, -0.05) is 121 Å². The number of carbonyl (C=O) groups is 2. The molecule has 0 aliphatic rings. The molecule has 7 aromatic carbocycles. The van der Waals surface area contributed by atoms with Crippen LogP contribution in [0.15, 0.2) is 170 Å². The SMILES string of the molecule is FC(F)(F)c1cc([B-](c2cc(C(F)(F)F)cc(C(F)(F)F)c2)(c2cc(C(F)(F)F)cc(C(F)(F)F)c2)c2cc(C(F)(F)F)cc(C(F)(F)F)c2)cc(C(F)(F)F)c1.O=C(C[n+]1c(C(=O)c2ccccc2)ccc2ccccc21)c1ccccc1. The molecule has 1 heterocycles. The number of hydrogen-bond donors (Lipinski definition) is 0. The first-order valence-electron chi connectivity index (χ1n) is 23.5. The summed E-state index contributed by atoms with van der Waals surface area (Å²) >= 11 is 0. The highest BCUT2D eigenvalue weighted by molar-refractivity contribution is 7.20. The molecule has 0 fully saturated rings. The van der Waals surface area contributed by atoms with Gasteiger partial charge in [0.25, 0.3) is 11.5 Å². The van der Waals surface area contributed by atoms with Crippen LogP contribution in [0.25, 0.3) is 10.9 Å². The molecule has 0 aliphatic carbocycles. The zero-order chi connectivity index (χ0) is 62.6. The van der Waals surface area contributed by atoms with Gasteiger partial charge in [-0.2, -0.15) is 132 Å². The second-order valence-electron chi connectivity index (χ2n) is 18.6. The number of pyridine rings is 1. The van der Waals surface area contributed by atoms with Gasteiger partial charge in [0.15, 0.2) is 0 Å². The van der Waals surface area contributed by atoms with Crippen molar-refractivity contribution in [1.29, 1.82) is 0 Å². The number of Topliss-reactive ketones (excluding diaryl/α,β-unsaturated/α-hetero) is 1. The highest BCUT2D eigenvalue weighted by Crippen LogP contribution is 2.41. The summed E-state index contributed by atoms with van der Waals surface area (Å²) in [6, 6.07) is 21.0. The first-order chi connectivity index (χ1) is 38.5. The summed E-state index contributed by atoms with van der Waals surface area (Å²) in [4.78, 5) is 25.9. The lowest BCUT2D eigenvalue weighted by molar-refractivity contribution is -0.658. The van der Waals surface area contributed by atoms with Gasteiger partial charge in [0.2, 0.25) is 17.8 Å². The van der Waals surface area contributed by atoms with Crippen molar-refractivity contribution in [3.8, 4) is 0 Å².